The molecule has 0 aliphatic carbocycles. The number of hydrogen-bond donors (Lipinski definition) is 0. The molecular formula is C18H37. The van der Waals surface area contributed by atoms with E-state index in [0.29, 0.717) is 16.7 Å². The van der Waals surface area contributed by atoms with Crippen LogP contribution in [0.1, 0.15) is 92.9 Å². The molecule has 18 heavy (non-hydrogen) atoms. The van der Waals surface area contributed by atoms with Crippen molar-refractivity contribution in [2.75, 3.05) is 0 Å². The molecule has 0 nitrogen and oxygen atoms in total. The smallest absolute Gasteiger partial charge is 0.0303 e. The third-order valence-electron chi connectivity index (χ3n) is 4.99. The summed E-state index contributed by atoms with van der Waals surface area (Å²) in [5.41, 5.74) is 0.916. The van der Waals surface area contributed by atoms with Gasteiger partial charge in [0.15, 0.2) is 0 Å². The highest BCUT2D eigenvalue weighted by atomic mass is 14.4. The zero-order chi connectivity index (χ0) is 14.2. The van der Waals surface area contributed by atoms with Crippen molar-refractivity contribution in [1.29, 1.82) is 0 Å². The van der Waals surface area contributed by atoms with E-state index in [9.17, 15) is 0 Å². The molecule has 0 fully saturated rings. The fraction of sp³-hybridized carbons (Fsp3) is 0.944. The van der Waals surface area contributed by atoms with Crippen molar-refractivity contribution in [2.24, 2.45) is 16.7 Å². The monoisotopic (exact) mass is 253 g/mol. The Labute approximate surface area is 117 Å². The van der Waals surface area contributed by atoms with Crippen molar-refractivity contribution in [3.63, 3.8) is 0 Å². The van der Waals surface area contributed by atoms with E-state index in [-0.39, 0.29) is 0 Å². The van der Waals surface area contributed by atoms with Crippen LogP contribution >= 0.6 is 0 Å². The van der Waals surface area contributed by atoms with Crippen LogP contribution in [0.3, 0.4) is 0 Å². The van der Waals surface area contributed by atoms with Gasteiger partial charge in [0.2, 0.25) is 0 Å². The molecular weight excluding hydrogens is 216 g/mol. The molecule has 0 aromatic rings. The SMILES string of the molecule is [CH2]C(C)CCCC(C)(C)C(C)(C)CCCCCC. The van der Waals surface area contributed by atoms with Gasteiger partial charge in [0, 0.05) is 0 Å². The van der Waals surface area contributed by atoms with Gasteiger partial charge in [-0.1, -0.05) is 87.0 Å². The van der Waals surface area contributed by atoms with E-state index in [1.807, 2.05) is 0 Å². The van der Waals surface area contributed by atoms with Gasteiger partial charge in [-0.3, -0.25) is 0 Å². The Kier molecular flexibility index (Phi) is 8.23. The lowest BCUT2D eigenvalue weighted by Gasteiger charge is -2.42. The van der Waals surface area contributed by atoms with Crippen LogP contribution in [-0.2, 0) is 0 Å². The molecule has 0 aliphatic heterocycles. The summed E-state index contributed by atoms with van der Waals surface area (Å²) in [7, 11) is 0. The Balaban J connectivity index is 4.10. The normalized spacial score (nSPS) is 13.3. The molecule has 0 amide bonds. The maximum absolute atomic E-state index is 4.09. The first-order chi connectivity index (χ1) is 8.23. The first kappa shape index (κ1) is 18.0. The largest absolute Gasteiger partial charge is 0.0654 e. The third-order valence-corrected chi connectivity index (χ3v) is 4.99. The highest BCUT2D eigenvalue weighted by Gasteiger charge is 2.35. The zero-order valence-corrected chi connectivity index (χ0v) is 13.9. The van der Waals surface area contributed by atoms with Gasteiger partial charge < -0.3 is 0 Å². The molecule has 0 saturated carbocycles. The summed E-state index contributed by atoms with van der Waals surface area (Å²) in [6, 6.07) is 0. The van der Waals surface area contributed by atoms with E-state index in [1.54, 1.807) is 0 Å². The van der Waals surface area contributed by atoms with E-state index in [4.69, 9.17) is 0 Å². The molecule has 109 valence electrons. The number of unbranched alkanes of at least 4 members (excludes halogenated alkanes) is 3. The summed E-state index contributed by atoms with van der Waals surface area (Å²) in [6.07, 6.45) is 10.9. The van der Waals surface area contributed by atoms with Crippen molar-refractivity contribution in [2.45, 2.75) is 92.9 Å². The lowest BCUT2D eigenvalue weighted by Crippen LogP contribution is -2.32. The first-order valence-electron chi connectivity index (χ1n) is 8.06. The van der Waals surface area contributed by atoms with Gasteiger partial charge in [0.25, 0.3) is 0 Å². The van der Waals surface area contributed by atoms with Crippen molar-refractivity contribution in [1.82, 2.24) is 0 Å². The quantitative estimate of drug-likeness (QED) is 0.382. The second kappa shape index (κ2) is 8.23. The molecule has 0 spiro atoms. The van der Waals surface area contributed by atoms with E-state index in [2.05, 4.69) is 48.5 Å². The van der Waals surface area contributed by atoms with Gasteiger partial charge in [-0.15, -0.1) is 0 Å². The molecule has 1 radical (unpaired) electrons. The highest BCUT2D eigenvalue weighted by Crippen LogP contribution is 2.46. The third kappa shape index (κ3) is 6.81. The van der Waals surface area contributed by atoms with Gasteiger partial charge in [-0.25, -0.2) is 0 Å². The van der Waals surface area contributed by atoms with Crippen molar-refractivity contribution < 1.29 is 0 Å². The van der Waals surface area contributed by atoms with Crippen molar-refractivity contribution >= 4 is 0 Å². The fourth-order valence-corrected chi connectivity index (χ4v) is 2.56. The Bertz CT molecular complexity index is 198. The molecule has 0 aromatic carbocycles. The van der Waals surface area contributed by atoms with Crippen LogP contribution in [0.4, 0.5) is 0 Å². The number of hydrogen-bond acceptors (Lipinski definition) is 0. The standard InChI is InChI=1S/C18H37/c1-8-9-10-11-14-17(4,5)18(6,7)15-12-13-16(2)3/h16H,2,8-15H2,1,3-7H3. The minimum absolute atomic E-state index is 0.452. The molecule has 1 atom stereocenters. The van der Waals surface area contributed by atoms with Crippen LogP contribution in [0.25, 0.3) is 0 Å². The van der Waals surface area contributed by atoms with E-state index >= 15 is 0 Å². The van der Waals surface area contributed by atoms with E-state index in [1.165, 1.54) is 51.4 Å². The maximum atomic E-state index is 4.09. The van der Waals surface area contributed by atoms with Crippen LogP contribution < -0.4 is 0 Å². The molecule has 0 heterocycles. The van der Waals surface area contributed by atoms with Crippen molar-refractivity contribution in [3.8, 4) is 0 Å². The summed E-state index contributed by atoms with van der Waals surface area (Å²) in [5, 5.41) is 0. The van der Waals surface area contributed by atoms with Gasteiger partial charge in [-0.2, -0.15) is 0 Å². The summed E-state index contributed by atoms with van der Waals surface area (Å²) in [6.45, 7) is 18.4. The molecule has 0 aromatic heterocycles. The second-order valence-electron chi connectivity index (χ2n) is 7.58. The lowest BCUT2D eigenvalue weighted by molar-refractivity contribution is 0.0808. The van der Waals surface area contributed by atoms with Crippen LogP contribution in [0.2, 0.25) is 0 Å². The Morgan fingerprint density at radius 2 is 1.33 bits per heavy atom. The second-order valence-corrected chi connectivity index (χ2v) is 7.58. The Morgan fingerprint density at radius 1 is 0.833 bits per heavy atom. The predicted octanol–water partition coefficient (Wildman–Crippen LogP) is 6.65. The summed E-state index contributed by atoms with van der Waals surface area (Å²) >= 11 is 0. The minimum Gasteiger partial charge on any atom is -0.0654 e. The average Bonchev–Trinajstić information content (AvgIpc) is 2.23. The molecule has 0 N–H and O–H groups in total. The molecule has 0 aliphatic rings. The Hall–Kier alpha value is 0. The molecule has 0 saturated heterocycles. The minimum atomic E-state index is 0.452. The van der Waals surface area contributed by atoms with Crippen LogP contribution in [0.15, 0.2) is 0 Å². The average molecular weight is 253 g/mol. The van der Waals surface area contributed by atoms with Crippen LogP contribution in [0, 0.1) is 23.7 Å². The van der Waals surface area contributed by atoms with Gasteiger partial charge >= 0.3 is 0 Å². The van der Waals surface area contributed by atoms with Crippen LogP contribution in [0.5, 0.6) is 0 Å². The molecule has 1 unspecified atom stereocenters. The number of rotatable bonds is 10. The van der Waals surface area contributed by atoms with Gasteiger partial charge in [0.1, 0.15) is 0 Å². The van der Waals surface area contributed by atoms with Crippen molar-refractivity contribution in [3.05, 3.63) is 6.92 Å². The first-order valence-corrected chi connectivity index (χ1v) is 8.06. The van der Waals surface area contributed by atoms with E-state index < -0.39 is 0 Å². The van der Waals surface area contributed by atoms with Crippen LogP contribution in [-0.4, -0.2) is 0 Å². The zero-order valence-electron chi connectivity index (χ0n) is 13.9. The molecule has 0 bridgehead atoms. The predicted molar refractivity (Wildman–Crippen MR) is 84.7 cm³/mol. The summed E-state index contributed by atoms with van der Waals surface area (Å²) in [4.78, 5) is 0. The summed E-state index contributed by atoms with van der Waals surface area (Å²) in [5.74, 6) is 0.605. The molecule has 0 rings (SSSR count). The molecule has 0 heteroatoms. The lowest BCUT2D eigenvalue weighted by atomic mass is 9.63. The van der Waals surface area contributed by atoms with E-state index in [0.717, 1.165) is 0 Å². The Morgan fingerprint density at radius 3 is 1.78 bits per heavy atom. The highest BCUT2D eigenvalue weighted by molar-refractivity contribution is 4.86. The topological polar surface area (TPSA) is 0 Å². The van der Waals surface area contributed by atoms with Gasteiger partial charge in [-0.05, 0) is 29.6 Å². The van der Waals surface area contributed by atoms with Gasteiger partial charge in [0.05, 0.1) is 0 Å². The maximum Gasteiger partial charge on any atom is -0.0303 e. The fourth-order valence-electron chi connectivity index (χ4n) is 2.56. The summed E-state index contributed by atoms with van der Waals surface area (Å²) < 4.78 is 0.